The van der Waals surface area contributed by atoms with E-state index >= 15 is 0 Å². The zero-order valence-electron chi connectivity index (χ0n) is 14.5. The third-order valence-corrected chi connectivity index (χ3v) is 4.57. The summed E-state index contributed by atoms with van der Waals surface area (Å²) in [6.07, 6.45) is 3.65. The van der Waals surface area contributed by atoms with Crippen molar-refractivity contribution >= 4 is 11.3 Å². The van der Waals surface area contributed by atoms with Crippen LogP contribution >= 0.6 is 0 Å². The van der Waals surface area contributed by atoms with Gasteiger partial charge in [0.15, 0.2) is 5.82 Å². The maximum Gasteiger partial charge on any atom is 0.152 e. The topological polar surface area (TPSA) is 54.7 Å². The summed E-state index contributed by atoms with van der Waals surface area (Å²) in [5.74, 6) is 0.865. The van der Waals surface area contributed by atoms with Gasteiger partial charge in [0.05, 0.1) is 18.9 Å². The van der Waals surface area contributed by atoms with Crippen molar-refractivity contribution in [1.82, 2.24) is 19.5 Å². The third-order valence-electron chi connectivity index (χ3n) is 4.57. The lowest BCUT2D eigenvalue weighted by atomic mass is 10.1. The fourth-order valence-electron chi connectivity index (χ4n) is 3.24. The lowest BCUT2D eigenvalue weighted by molar-refractivity contribution is 0.0341. The highest BCUT2D eigenvalue weighted by atomic mass is 16.5. The molecule has 3 heterocycles. The van der Waals surface area contributed by atoms with E-state index in [2.05, 4.69) is 50.6 Å². The van der Waals surface area contributed by atoms with Crippen molar-refractivity contribution in [1.29, 1.82) is 0 Å². The van der Waals surface area contributed by atoms with Crippen LogP contribution in [0.1, 0.15) is 16.8 Å². The van der Waals surface area contributed by atoms with Gasteiger partial charge in [-0.2, -0.15) is 5.10 Å². The minimum atomic E-state index is 0.747. The highest BCUT2D eigenvalue weighted by Crippen LogP contribution is 2.18. The van der Waals surface area contributed by atoms with Crippen molar-refractivity contribution in [3.05, 3.63) is 59.5 Å². The van der Waals surface area contributed by atoms with Crippen LogP contribution in [0.15, 0.2) is 42.7 Å². The smallest absolute Gasteiger partial charge is 0.152 e. The van der Waals surface area contributed by atoms with E-state index in [0.29, 0.717) is 0 Å². The summed E-state index contributed by atoms with van der Waals surface area (Å²) < 4.78 is 7.31. The van der Waals surface area contributed by atoms with E-state index in [0.717, 1.165) is 56.4 Å². The van der Waals surface area contributed by atoms with Gasteiger partial charge in [-0.3, -0.25) is 4.90 Å². The van der Waals surface area contributed by atoms with Crippen molar-refractivity contribution in [2.24, 2.45) is 0 Å². The molecule has 0 saturated carbocycles. The maximum absolute atomic E-state index is 5.45. The first kappa shape index (κ1) is 16.1. The lowest BCUT2D eigenvalue weighted by Gasteiger charge is -2.27. The van der Waals surface area contributed by atoms with Gasteiger partial charge in [0.25, 0.3) is 0 Å². The zero-order chi connectivity index (χ0) is 17.1. The Morgan fingerprint density at radius 2 is 1.96 bits per heavy atom. The highest BCUT2D eigenvalue weighted by Gasteiger charge is 2.13. The molecule has 0 atom stereocenters. The molecule has 1 fully saturated rings. The third kappa shape index (κ3) is 3.65. The molecule has 0 amide bonds. The standard InChI is InChI=1S/C19H23N5O/c1-15-12-18-19(20-6-7-24(18)22-15)21-13-16-4-2-3-5-17(16)14-23-8-10-25-11-9-23/h2-7,12H,8-11,13-14H2,1H3,(H,20,21). The number of hydrogen-bond acceptors (Lipinski definition) is 5. The summed E-state index contributed by atoms with van der Waals surface area (Å²) in [4.78, 5) is 6.93. The largest absolute Gasteiger partial charge is 0.379 e. The molecule has 1 saturated heterocycles. The van der Waals surface area contributed by atoms with Gasteiger partial charge in [-0.05, 0) is 24.1 Å². The number of morpholine rings is 1. The fourth-order valence-corrected chi connectivity index (χ4v) is 3.24. The molecule has 0 unspecified atom stereocenters. The lowest BCUT2D eigenvalue weighted by Crippen LogP contribution is -2.35. The first-order valence-corrected chi connectivity index (χ1v) is 8.71. The average molecular weight is 337 g/mol. The molecule has 1 aliphatic heterocycles. The molecular weight excluding hydrogens is 314 g/mol. The Labute approximate surface area is 147 Å². The van der Waals surface area contributed by atoms with Gasteiger partial charge in [0.1, 0.15) is 5.52 Å². The number of aryl methyl sites for hydroxylation is 1. The van der Waals surface area contributed by atoms with E-state index in [4.69, 9.17) is 4.74 Å². The number of hydrogen-bond donors (Lipinski definition) is 1. The predicted octanol–water partition coefficient (Wildman–Crippen LogP) is 2.48. The quantitative estimate of drug-likeness (QED) is 0.775. The first-order chi connectivity index (χ1) is 12.3. The van der Waals surface area contributed by atoms with Gasteiger partial charge in [0.2, 0.25) is 0 Å². The number of fused-ring (bicyclic) bond motifs is 1. The molecular formula is C19H23N5O. The van der Waals surface area contributed by atoms with Crippen molar-refractivity contribution < 1.29 is 4.74 Å². The first-order valence-electron chi connectivity index (χ1n) is 8.71. The molecule has 0 aliphatic carbocycles. The Morgan fingerprint density at radius 1 is 1.16 bits per heavy atom. The van der Waals surface area contributed by atoms with Crippen LogP contribution in [0.2, 0.25) is 0 Å². The van der Waals surface area contributed by atoms with Crippen LogP contribution in [-0.4, -0.2) is 45.8 Å². The van der Waals surface area contributed by atoms with E-state index in [1.54, 1.807) is 6.20 Å². The molecule has 0 radical (unpaired) electrons. The van der Waals surface area contributed by atoms with Gasteiger partial charge < -0.3 is 10.1 Å². The maximum atomic E-state index is 5.45. The zero-order valence-corrected chi connectivity index (χ0v) is 14.5. The van der Waals surface area contributed by atoms with Crippen molar-refractivity contribution in [3.8, 4) is 0 Å². The van der Waals surface area contributed by atoms with Crippen molar-refractivity contribution in [2.45, 2.75) is 20.0 Å². The summed E-state index contributed by atoms with van der Waals surface area (Å²) in [6, 6.07) is 10.7. The summed E-state index contributed by atoms with van der Waals surface area (Å²) in [7, 11) is 0. The second-order valence-corrected chi connectivity index (χ2v) is 6.40. The van der Waals surface area contributed by atoms with E-state index < -0.39 is 0 Å². The molecule has 6 heteroatoms. The molecule has 0 bridgehead atoms. The number of aromatic nitrogens is 3. The van der Waals surface area contributed by atoms with Gasteiger partial charge in [0, 0.05) is 38.6 Å². The van der Waals surface area contributed by atoms with E-state index in [1.807, 2.05) is 17.6 Å². The molecule has 130 valence electrons. The molecule has 4 rings (SSSR count). The molecule has 0 spiro atoms. The molecule has 1 N–H and O–H groups in total. The number of rotatable bonds is 5. The fraction of sp³-hybridized carbons (Fsp3) is 0.368. The molecule has 3 aromatic rings. The summed E-state index contributed by atoms with van der Waals surface area (Å²) >= 11 is 0. The SMILES string of the molecule is Cc1cc2c(NCc3ccccc3CN3CCOCC3)nccn2n1. The Morgan fingerprint density at radius 3 is 2.80 bits per heavy atom. The summed E-state index contributed by atoms with van der Waals surface area (Å²) in [5, 5.41) is 7.92. The van der Waals surface area contributed by atoms with E-state index in [9.17, 15) is 0 Å². The van der Waals surface area contributed by atoms with E-state index in [-0.39, 0.29) is 0 Å². The molecule has 2 aromatic heterocycles. The van der Waals surface area contributed by atoms with Gasteiger partial charge >= 0.3 is 0 Å². The van der Waals surface area contributed by atoms with Crippen LogP contribution in [0, 0.1) is 6.92 Å². The van der Waals surface area contributed by atoms with Crippen LogP contribution in [0.5, 0.6) is 0 Å². The van der Waals surface area contributed by atoms with Gasteiger partial charge in [-0.15, -0.1) is 0 Å². The van der Waals surface area contributed by atoms with Crippen molar-refractivity contribution in [2.75, 3.05) is 31.6 Å². The average Bonchev–Trinajstić information content (AvgIpc) is 3.03. The van der Waals surface area contributed by atoms with Gasteiger partial charge in [-0.25, -0.2) is 9.50 Å². The minimum Gasteiger partial charge on any atom is -0.379 e. The van der Waals surface area contributed by atoms with Crippen molar-refractivity contribution in [3.63, 3.8) is 0 Å². The van der Waals surface area contributed by atoms with Crippen LogP contribution in [-0.2, 0) is 17.8 Å². The summed E-state index contributed by atoms with van der Waals surface area (Å²) in [5.41, 5.74) is 4.65. The number of nitrogens with one attached hydrogen (secondary N) is 1. The van der Waals surface area contributed by atoms with Gasteiger partial charge in [-0.1, -0.05) is 24.3 Å². The predicted molar refractivity (Wildman–Crippen MR) is 97.6 cm³/mol. The van der Waals surface area contributed by atoms with Crippen LogP contribution in [0.4, 0.5) is 5.82 Å². The summed E-state index contributed by atoms with van der Waals surface area (Å²) in [6.45, 7) is 7.35. The second kappa shape index (κ2) is 7.21. The Kier molecular flexibility index (Phi) is 4.63. The Bertz CT molecular complexity index is 854. The number of benzene rings is 1. The Balaban J connectivity index is 1.50. The normalized spacial score (nSPS) is 15.6. The van der Waals surface area contributed by atoms with Crippen LogP contribution in [0.3, 0.4) is 0 Å². The van der Waals surface area contributed by atoms with Crippen LogP contribution in [0.25, 0.3) is 5.52 Å². The number of nitrogens with zero attached hydrogens (tertiary/aromatic N) is 4. The molecule has 6 nitrogen and oxygen atoms in total. The number of anilines is 1. The molecule has 1 aromatic carbocycles. The number of ether oxygens (including phenoxy) is 1. The minimum absolute atomic E-state index is 0.747. The monoisotopic (exact) mass is 337 g/mol. The highest BCUT2D eigenvalue weighted by molar-refractivity contribution is 5.67. The Hall–Kier alpha value is -2.44. The molecule has 25 heavy (non-hydrogen) atoms. The molecule has 1 aliphatic rings. The second-order valence-electron chi connectivity index (χ2n) is 6.40. The van der Waals surface area contributed by atoms with Crippen LogP contribution < -0.4 is 5.32 Å². The van der Waals surface area contributed by atoms with E-state index in [1.165, 1.54) is 11.1 Å².